The fourth-order valence-electron chi connectivity index (χ4n) is 3.44. The Morgan fingerprint density at radius 3 is 2.38 bits per heavy atom. The minimum atomic E-state index is -3.23. The summed E-state index contributed by atoms with van der Waals surface area (Å²) in [5.74, 6) is 1.03. The first kappa shape index (κ1) is 21.6. The second kappa shape index (κ2) is 10.5. The van der Waals surface area contributed by atoms with E-state index in [9.17, 15) is 13.2 Å². The van der Waals surface area contributed by atoms with Crippen molar-refractivity contribution in [3.8, 4) is 0 Å². The van der Waals surface area contributed by atoms with Crippen molar-refractivity contribution in [3.05, 3.63) is 0 Å². The van der Waals surface area contributed by atoms with E-state index in [0.29, 0.717) is 25.3 Å². The summed E-state index contributed by atoms with van der Waals surface area (Å²) in [4.78, 5) is 12.5. The van der Waals surface area contributed by atoms with Crippen LogP contribution in [0.3, 0.4) is 0 Å². The maximum Gasteiger partial charge on any atom is 0.211 e. The number of rotatable bonds is 11. The predicted octanol–water partition coefficient (Wildman–Crippen LogP) is 2.84. The molecule has 24 heavy (non-hydrogen) atoms. The lowest BCUT2D eigenvalue weighted by molar-refractivity contribution is -0.122. The molecule has 0 heterocycles. The molecule has 0 spiro atoms. The third kappa shape index (κ3) is 8.08. The van der Waals surface area contributed by atoms with Crippen LogP contribution in [0.5, 0.6) is 0 Å². The zero-order valence-electron chi connectivity index (χ0n) is 15.6. The third-order valence-corrected chi connectivity index (χ3v) is 6.72. The monoisotopic (exact) mass is 360 g/mol. The summed E-state index contributed by atoms with van der Waals surface area (Å²) in [5, 5.41) is 0. The highest BCUT2D eigenvalue weighted by molar-refractivity contribution is 7.89. The van der Waals surface area contributed by atoms with Gasteiger partial charge >= 0.3 is 0 Å². The molecule has 2 atom stereocenters. The molecule has 0 bridgehead atoms. The molecular weight excluding hydrogens is 324 g/mol. The molecule has 1 saturated carbocycles. The first-order chi connectivity index (χ1) is 11.2. The molecule has 1 fully saturated rings. The molecule has 6 heteroatoms. The van der Waals surface area contributed by atoms with E-state index in [4.69, 9.17) is 5.73 Å². The molecule has 0 unspecified atom stereocenters. The SMILES string of the molecule is CCCS(=O)(=O)NC[C@@H](CC(=O)[C@@H](N)CC1CCCCC1)C(C)C. The highest BCUT2D eigenvalue weighted by Gasteiger charge is 2.25. The van der Waals surface area contributed by atoms with Crippen LogP contribution < -0.4 is 10.5 Å². The van der Waals surface area contributed by atoms with Gasteiger partial charge in [-0.15, -0.1) is 0 Å². The summed E-state index contributed by atoms with van der Waals surface area (Å²) in [7, 11) is -3.23. The molecule has 0 aromatic carbocycles. The topological polar surface area (TPSA) is 89.3 Å². The quantitative estimate of drug-likeness (QED) is 0.593. The zero-order valence-corrected chi connectivity index (χ0v) is 16.4. The number of ketones is 1. The number of nitrogens with two attached hydrogens (primary N) is 1. The molecule has 1 aliphatic rings. The molecule has 0 aromatic heterocycles. The number of carbonyl (C=O) groups is 1. The molecule has 1 rings (SSSR count). The first-order valence-corrected chi connectivity index (χ1v) is 11.2. The lowest BCUT2D eigenvalue weighted by Gasteiger charge is -2.26. The molecule has 142 valence electrons. The predicted molar refractivity (Wildman–Crippen MR) is 99.2 cm³/mol. The highest BCUT2D eigenvalue weighted by atomic mass is 32.2. The van der Waals surface area contributed by atoms with Crippen molar-refractivity contribution >= 4 is 15.8 Å². The van der Waals surface area contributed by atoms with Gasteiger partial charge in [-0.25, -0.2) is 13.1 Å². The second-order valence-electron chi connectivity index (χ2n) is 7.69. The average Bonchev–Trinajstić information content (AvgIpc) is 2.51. The molecule has 5 nitrogen and oxygen atoms in total. The Kier molecular flexibility index (Phi) is 9.45. The number of sulfonamides is 1. The van der Waals surface area contributed by atoms with Crippen molar-refractivity contribution in [2.45, 2.75) is 78.2 Å². The van der Waals surface area contributed by atoms with E-state index in [2.05, 4.69) is 4.72 Å². The molecule has 0 aliphatic heterocycles. The summed E-state index contributed by atoms with van der Waals surface area (Å²) in [5.41, 5.74) is 6.14. The Hall–Kier alpha value is -0.460. The number of carbonyl (C=O) groups excluding carboxylic acids is 1. The van der Waals surface area contributed by atoms with Crippen LogP contribution in [0, 0.1) is 17.8 Å². The lowest BCUT2D eigenvalue weighted by Crippen LogP contribution is -2.38. The van der Waals surface area contributed by atoms with E-state index < -0.39 is 16.1 Å². The van der Waals surface area contributed by atoms with Gasteiger partial charge in [0, 0.05) is 13.0 Å². The van der Waals surface area contributed by atoms with E-state index in [1.54, 1.807) is 0 Å². The minimum absolute atomic E-state index is 0.00142. The summed E-state index contributed by atoms with van der Waals surface area (Å²) in [6.07, 6.45) is 7.90. The van der Waals surface area contributed by atoms with E-state index >= 15 is 0 Å². The van der Waals surface area contributed by atoms with E-state index in [-0.39, 0.29) is 23.4 Å². The Morgan fingerprint density at radius 1 is 1.21 bits per heavy atom. The maximum atomic E-state index is 12.5. The molecule has 0 saturated heterocycles. The molecule has 0 amide bonds. The van der Waals surface area contributed by atoms with Gasteiger partial charge < -0.3 is 5.73 Å². The summed E-state index contributed by atoms with van der Waals surface area (Å²) >= 11 is 0. The first-order valence-electron chi connectivity index (χ1n) is 9.50. The van der Waals surface area contributed by atoms with Crippen molar-refractivity contribution in [2.75, 3.05) is 12.3 Å². The van der Waals surface area contributed by atoms with Gasteiger partial charge in [-0.1, -0.05) is 52.9 Å². The second-order valence-corrected chi connectivity index (χ2v) is 9.61. The van der Waals surface area contributed by atoms with Gasteiger partial charge in [0.05, 0.1) is 11.8 Å². The van der Waals surface area contributed by atoms with Gasteiger partial charge in [0.15, 0.2) is 0 Å². The van der Waals surface area contributed by atoms with Gasteiger partial charge in [0.2, 0.25) is 10.0 Å². The number of hydrogen-bond donors (Lipinski definition) is 2. The van der Waals surface area contributed by atoms with E-state index in [1.165, 1.54) is 32.1 Å². The fourth-order valence-corrected chi connectivity index (χ4v) is 4.59. The van der Waals surface area contributed by atoms with Crippen LogP contribution in [0.15, 0.2) is 0 Å². The summed E-state index contributed by atoms with van der Waals surface area (Å²) < 4.78 is 26.3. The smallest absolute Gasteiger partial charge is 0.211 e. The van der Waals surface area contributed by atoms with Crippen LogP contribution in [-0.2, 0) is 14.8 Å². The highest BCUT2D eigenvalue weighted by Crippen LogP contribution is 2.27. The van der Waals surface area contributed by atoms with Crippen LogP contribution >= 0.6 is 0 Å². The zero-order chi connectivity index (χ0) is 18.2. The van der Waals surface area contributed by atoms with Crippen molar-refractivity contribution in [1.29, 1.82) is 0 Å². The number of nitrogens with one attached hydrogen (secondary N) is 1. The van der Waals surface area contributed by atoms with Crippen LogP contribution in [0.1, 0.15) is 72.1 Å². The van der Waals surface area contributed by atoms with E-state index in [0.717, 1.165) is 6.42 Å². The van der Waals surface area contributed by atoms with Gasteiger partial charge in [-0.3, -0.25) is 4.79 Å². The van der Waals surface area contributed by atoms with Crippen LogP contribution in [0.25, 0.3) is 0 Å². The van der Waals surface area contributed by atoms with Crippen LogP contribution in [-0.4, -0.2) is 32.5 Å². The van der Waals surface area contributed by atoms with Crippen LogP contribution in [0.4, 0.5) is 0 Å². The summed E-state index contributed by atoms with van der Waals surface area (Å²) in [6.45, 7) is 6.21. The van der Waals surface area contributed by atoms with E-state index in [1.807, 2.05) is 20.8 Å². The van der Waals surface area contributed by atoms with Crippen molar-refractivity contribution < 1.29 is 13.2 Å². The van der Waals surface area contributed by atoms with Crippen molar-refractivity contribution in [3.63, 3.8) is 0 Å². The maximum absolute atomic E-state index is 12.5. The van der Waals surface area contributed by atoms with Gasteiger partial charge in [-0.05, 0) is 30.6 Å². The minimum Gasteiger partial charge on any atom is -0.322 e. The molecule has 3 N–H and O–H groups in total. The number of Topliss-reactive ketones (excluding diaryl/α,β-unsaturated/α-hetero) is 1. The standard InChI is InChI=1S/C18H36N2O3S/c1-4-10-24(22,23)20-13-16(14(2)3)12-18(21)17(19)11-15-8-6-5-7-9-15/h14-17,20H,4-13,19H2,1-3H3/t16-,17+/m1/s1. The van der Waals surface area contributed by atoms with Gasteiger partial charge in [0.25, 0.3) is 0 Å². The van der Waals surface area contributed by atoms with Gasteiger partial charge in [-0.2, -0.15) is 0 Å². The average molecular weight is 361 g/mol. The van der Waals surface area contributed by atoms with Gasteiger partial charge in [0.1, 0.15) is 5.78 Å². The third-order valence-electron chi connectivity index (χ3n) is 5.17. The molecule has 1 aliphatic carbocycles. The molecule has 0 radical (unpaired) electrons. The Balaban J connectivity index is 2.49. The van der Waals surface area contributed by atoms with Crippen LogP contribution in [0.2, 0.25) is 0 Å². The lowest BCUT2D eigenvalue weighted by atomic mass is 9.82. The number of hydrogen-bond acceptors (Lipinski definition) is 4. The Bertz CT molecular complexity index is 471. The summed E-state index contributed by atoms with van der Waals surface area (Å²) in [6, 6.07) is -0.401. The largest absolute Gasteiger partial charge is 0.322 e. The van der Waals surface area contributed by atoms with Crippen molar-refractivity contribution in [1.82, 2.24) is 4.72 Å². The molecule has 0 aromatic rings. The fraction of sp³-hybridized carbons (Fsp3) is 0.944. The normalized spacial score (nSPS) is 19.4. The molecular formula is C18H36N2O3S. The Labute approximate surface area is 148 Å². The van der Waals surface area contributed by atoms with Crippen molar-refractivity contribution in [2.24, 2.45) is 23.5 Å². The Morgan fingerprint density at radius 2 is 1.83 bits per heavy atom.